The average molecular weight is 139 g/mol. The van der Waals surface area contributed by atoms with E-state index < -0.39 is 0 Å². The van der Waals surface area contributed by atoms with Gasteiger partial charge in [-0.2, -0.15) is 0 Å². The molecule has 1 aromatic rings. The van der Waals surface area contributed by atoms with Gasteiger partial charge in [-0.1, -0.05) is 0 Å². The number of rotatable bonds is 1. The normalized spacial score (nSPS) is 25.4. The van der Waals surface area contributed by atoms with Crippen LogP contribution in [-0.4, -0.2) is 13.3 Å². The van der Waals surface area contributed by atoms with Gasteiger partial charge in [0.25, 0.3) is 0 Å². The standard InChI is InChI=1S/C7H9NO2/c1-2-6(9-3-1)7-4-8-5-10-7/h1-3,7-8H,4-5H2. The fourth-order valence-electron chi connectivity index (χ4n) is 1.07. The Morgan fingerprint density at radius 3 is 3.20 bits per heavy atom. The van der Waals surface area contributed by atoms with Crippen molar-refractivity contribution in [2.45, 2.75) is 6.10 Å². The van der Waals surface area contributed by atoms with Crippen molar-refractivity contribution in [3.8, 4) is 0 Å². The predicted octanol–water partition coefficient (Wildman–Crippen LogP) is 0.898. The Labute approximate surface area is 59.0 Å². The second-order valence-electron chi connectivity index (χ2n) is 2.27. The largest absolute Gasteiger partial charge is 0.467 e. The quantitative estimate of drug-likeness (QED) is 0.627. The van der Waals surface area contributed by atoms with E-state index in [1.807, 2.05) is 12.1 Å². The Morgan fingerprint density at radius 2 is 2.60 bits per heavy atom. The fraction of sp³-hybridized carbons (Fsp3) is 0.429. The van der Waals surface area contributed by atoms with E-state index in [1.165, 1.54) is 0 Å². The maximum absolute atomic E-state index is 5.29. The molecule has 54 valence electrons. The summed E-state index contributed by atoms with van der Waals surface area (Å²) >= 11 is 0. The minimum atomic E-state index is 0.120. The zero-order chi connectivity index (χ0) is 6.81. The van der Waals surface area contributed by atoms with Crippen molar-refractivity contribution in [1.29, 1.82) is 0 Å². The second-order valence-corrected chi connectivity index (χ2v) is 2.27. The van der Waals surface area contributed by atoms with Crippen LogP contribution in [0.1, 0.15) is 11.9 Å². The van der Waals surface area contributed by atoms with Crippen molar-refractivity contribution in [2.24, 2.45) is 0 Å². The zero-order valence-electron chi connectivity index (χ0n) is 5.54. The molecule has 1 N–H and O–H groups in total. The maximum Gasteiger partial charge on any atom is 0.133 e. The van der Waals surface area contributed by atoms with Crippen LogP contribution in [0.25, 0.3) is 0 Å². The van der Waals surface area contributed by atoms with Crippen LogP contribution in [0.3, 0.4) is 0 Å². The highest BCUT2D eigenvalue weighted by molar-refractivity contribution is 5.03. The number of ether oxygens (including phenoxy) is 1. The first-order valence-electron chi connectivity index (χ1n) is 3.32. The van der Waals surface area contributed by atoms with E-state index in [9.17, 15) is 0 Å². The van der Waals surface area contributed by atoms with E-state index in [0.717, 1.165) is 12.3 Å². The third-order valence-electron chi connectivity index (χ3n) is 1.58. The lowest BCUT2D eigenvalue weighted by molar-refractivity contribution is 0.0967. The number of nitrogens with one attached hydrogen (secondary N) is 1. The smallest absolute Gasteiger partial charge is 0.133 e. The monoisotopic (exact) mass is 139 g/mol. The van der Waals surface area contributed by atoms with Crippen molar-refractivity contribution < 1.29 is 9.15 Å². The molecule has 1 unspecified atom stereocenters. The van der Waals surface area contributed by atoms with Gasteiger partial charge in [-0.05, 0) is 12.1 Å². The van der Waals surface area contributed by atoms with Gasteiger partial charge in [-0.3, -0.25) is 5.32 Å². The maximum atomic E-state index is 5.29. The van der Waals surface area contributed by atoms with Crippen molar-refractivity contribution in [3.63, 3.8) is 0 Å². The van der Waals surface area contributed by atoms with E-state index in [2.05, 4.69) is 5.32 Å². The van der Waals surface area contributed by atoms with Crippen molar-refractivity contribution in [1.82, 2.24) is 5.32 Å². The van der Waals surface area contributed by atoms with Gasteiger partial charge >= 0.3 is 0 Å². The van der Waals surface area contributed by atoms with Gasteiger partial charge in [-0.25, -0.2) is 0 Å². The average Bonchev–Trinajstić information content (AvgIpc) is 2.59. The van der Waals surface area contributed by atoms with Gasteiger partial charge < -0.3 is 9.15 Å². The molecule has 2 rings (SSSR count). The van der Waals surface area contributed by atoms with Gasteiger partial charge in [0, 0.05) is 6.54 Å². The minimum Gasteiger partial charge on any atom is -0.467 e. The van der Waals surface area contributed by atoms with E-state index >= 15 is 0 Å². The van der Waals surface area contributed by atoms with Crippen LogP contribution < -0.4 is 5.32 Å². The number of furan rings is 1. The predicted molar refractivity (Wildman–Crippen MR) is 35.4 cm³/mol. The summed E-state index contributed by atoms with van der Waals surface area (Å²) in [7, 11) is 0. The minimum absolute atomic E-state index is 0.120. The molecule has 0 aromatic carbocycles. The van der Waals surface area contributed by atoms with Gasteiger partial charge in [0.2, 0.25) is 0 Å². The lowest BCUT2D eigenvalue weighted by Gasteiger charge is -2.01. The molecule has 2 heterocycles. The summed E-state index contributed by atoms with van der Waals surface area (Å²) in [5, 5.41) is 3.08. The lowest BCUT2D eigenvalue weighted by atomic mass is 10.3. The second kappa shape index (κ2) is 2.44. The Hall–Kier alpha value is -0.800. The summed E-state index contributed by atoms with van der Waals surface area (Å²) in [4.78, 5) is 0. The van der Waals surface area contributed by atoms with E-state index in [1.54, 1.807) is 6.26 Å². The third-order valence-corrected chi connectivity index (χ3v) is 1.58. The number of hydrogen-bond acceptors (Lipinski definition) is 3. The van der Waals surface area contributed by atoms with Crippen LogP contribution in [0, 0.1) is 0 Å². The first kappa shape index (κ1) is 5.95. The Bertz CT molecular complexity index is 189. The lowest BCUT2D eigenvalue weighted by Crippen LogP contribution is -2.07. The van der Waals surface area contributed by atoms with E-state index in [4.69, 9.17) is 9.15 Å². The van der Waals surface area contributed by atoms with Crippen LogP contribution in [0.15, 0.2) is 22.8 Å². The molecule has 3 nitrogen and oxygen atoms in total. The Morgan fingerprint density at radius 1 is 1.60 bits per heavy atom. The zero-order valence-corrected chi connectivity index (χ0v) is 5.54. The van der Waals surface area contributed by atoms with Gasteiger partial charge in [0.1, 0.15) is 11.9 Å². The molecule has 0 radical (unpaired) electrons. The topological polar surface area (TPSA) is 34.4 Å². The summed E-state index contributed by atoms with van der Waals surface area (Å²) in [6.45, 7) is 1.48. The first-order valence-corrected chi connectivity index (χ1v) is 3.32. The van der Waals surface area contributed by atoms with Crippen molar-refractivity contribution in [3.05, 3.63) is 24.2 Å². The van der Waals surface area contributed by atoms with Crippen LogP contribution in [0.2, 0.25) is 0 Å². The highest BCUT2D eigenvalue weighted by Gasteiger charge is 2.18. The molecule has 0 spiro atoms. The molecule has 1 aliphatic heterocycles. The van der Waals surface area contributed by atoms with Crippen LogP contribution in [0.4, 0.5) is 0 Å². The molecule has 1 saturated heterocycles. The van der Waals surface area contributed by atoms with Crippen molar-refractivity contribution in [2.75, 3.05) is 13.3 Å². The summed E-state index contributed by atoms with van der Waals surface area (Å²) in [6.07, 6.45) is 1.78. The Balaban J connectivity index is 2.12. The summed E-state index contributed by atoms with van der Waals surface area (Å²) in [5.41, 5.74) is 0. The molecular formula is C7H9NO2. The Kier molecular flexibility index (Phi) is 1.45. The van der Waals surface area contributed by atoms with Gasteiger partial charge in [0.05, 0.1) is 13.0 Å². The molecule has 0 saturated carbocycles. The third kappa shape index (κ3) is 0.936. The molecule has 1 atom stereocenters. The molecule has 1 fully saturated rings. The summed E-state index contributed by atoms with van der Waals surface area (Å²) in [6, 6.07) is 3.80. The molecule has 3 heteroatoms. The summed E-state index contributed by atoms with van der Waals surface area (Å²) in [5.74, 6) is 0.907. The molecule has 0 aliphatic carbocycles. The van der Waals surface area contributed by atoms with Crippen LogP contribution in [-0.2, 0) is 4.74 Å². The van der Waals surface area contributed by atoms with Crippen LogP contribution in [0.5, 0.6) is 0 Å². The molecular weight excluding hydrogens is 130 g/mol. The molecule has 0 amide bonds. The molecule has 10 heavy (non-hydrogen) atoms. The fourth-order valence-corrected chi connectivity index (χ4v) is 1.07. The number of hydrogen-bond donors (Lipinski definition) is 1. The highest BCUT2D eigenvalue weighted by atomic mass is 16.5. The molecule has 1 aromatic heterocycles. The SMILES string of the molecule is c1coc(C2CNCO2)c1. The molecule has 1 aliphatic rings. The highest BCUT2D eigenvalue weighted by Crippen LogP contribution is 2.19. The summed E-state index contributed by atoms with van der Waals surface area (Å²) < 4.78 is 10.4. The first-order chi connectivity index (χ1) is 4.97. The van der Waals surface area contributed by atoms with Crippen molar-refractivity contribution >= 4 is 0 Å². The van der Waals surface area contributed by atoms with Crippen LogP contribution >= 0.6 is 0 Å². The molecule has 0 bridgehead atoms. The van der Waals surface area contributed by atoms with E-state index in [-0.39, 0.29) is 6.10 Å². The van der Waals surface area contributed by atoms with Gasteiger partial charge in [0.15, 0.2) is 0 Å². The van der Waals surface area contributed by atoms with E-state index in [0.29, 0.717) is 6.73 Å². The van der Waals surface area contributed by atoms with Gasteiger partial charge in [-0.15, -0.1) is 0 Å².